The molecule has 3 rings (SSSR count). The molecule has 1 aromatic carbocycles. The van der Waals surface area contributed by atoms with Crippen LogP contribution in [0.15, 0.2) is 42.7 Å². The lowest BCUT2D eigenvalue weighted by Gasteiger charge is -2.26. The number of hydrogen-bond donors (Lipinski definition) is 2. The summed E-state index contributed by atoms with van der Waals surface area (Å²) in [6.45, 7) is 3.84. The maximum absolute atomic E-state index is 11.9. The number of ether oxygens (including phenoxy) is 2. The quantitative estimate of drug-likeness (QED) is 0.786. The summed E-state index contributed by atoms with van der Waals surface area (Å²) in [4.78, 5) is 11.9. The number of carbonyl (C=O) groups excluding carboxylic acids is 1. The van der Waals surface area contributed by atoms with Crippen LogP contribution in [0, 0.1) is 0 Å². The lowest BCUT2D eigenvalue weighted by Crippen LogP contribution is -2.45. The second-order valence-electron chi connectivity index (χ2n) is 5.81. The molecule has 0 bridgehead atoms. The molecule has 0 saturated carbocycles. The Morgan fingerprint density at radius 1 is 1.38 bits per heavy atom. The van der Waals surface area contributed by atoms with Gasteiger partial charge < -0.3 is 20.1 Å². The molecule has 2 atom stereocenters. The normalized spacial score (nSPS) is 17.3. The van der Waals surface area contributed by atoms with E-state index >= 15 is 0 Å². The number of para-hydroxylation sites is 2. The molecule has 0 radical (unpaired) electrons. The van der Waals surface area contributed by atoms with Crippen LogP contribution in [-0.4, -0.2) is 47.5 Å². The van der Waals surface area contributed by atoms with Crippen molar-refractivity contribution in [2.24, 2.45) is 0 Å². The van der Waals surface area contributed by atoms with Crippen LogP contribution in [0.4, 0.5) is 0 Å². The van der Waals surface area contributed by atoms with E-state index < -0.39 is 0 Å². The Kier molecular flexibility index (Phi) is 5.32. The van der Waals surface area contributed by atoms with Crippen molar-refractivity contribution in [1.82, 2.24) is 20.4 Å². The Balaban J connectivity index is 1.35. The summed E-state index contributed by atoms with van der Waals surface area (Å²) < 4.78 is 13.3. The van der Waals surface area contributed by atoms with Crippen molar-refractivity contribution in [3.8, 4) is 11.5 Å². The smallest absolute Gasteiger partial charge is 0.234 e. The molecule has 0 spiro atoms. The van der Waals surface area contributed by atoms with Crippen LogP contribution >= 0.6 is 0 Å². The van der Waals surface area contributed by atoms with Crippen LogP contribution in [0.1, 0.15) is 6.92 Å². The molecule has 24 heavy (non-hydrogen) atoms. The van der Waals surface area contributed by atoms with E-state index in [1.807, 2.05) is 48.1 Å². The maximum atomic E-state index is 11.9. The van der Waals surface area contributed by atoms with Gasteiger partial charge in [0.2, 0.25) is 5.91 Å². The number of rotatable bonds is 7. The van der Waals surface area contributed by atoms with E-state index in [0.717, 1.165) is 12.3 Å². The molecule has 0 unspecified atom stereocenters. The van der Waals surface area contributed by atoms with Crippen LogP contribution in [0.25, 0.3) is 0 Å². The van der Waals surface area contributed by atoms with Crippen molar-refractivity contribution in [1.29, 1.82) is 0 Å². The summed E-state index contributed by atoms with van der Waals surface area (Å²) in [7, 11) is 0. The summed E-state index contributed by atoms with van der Waals surface area (Å²) >= 11 is 0. The Morgan fingerprint density at radius 2 is 2.21 bits per heavy atom. The Bertz CT molecular complexity index is 660. The highest BCUT2D eigenvalue weighted by molar-refractivity contribution is 5.78. The number of nitrogens with zero attached hydrogens (tertiary/aromatic N) is 2. The number of amides is 1. The highest BCUT2D eigenvalue weighted by Crippen LogP contribution is 2.30. The summed E-state index contributed by atoms with van der Waals surface area (Å²) in [6.07, 6.45) is 3.46. The zero-order chi connectivity index (χ0) is 16.8. The Hall–Kier alpha value is -2.54. The average molecular weight is 330 g/mol. The number of fused-ring (bicyclic) bond motifs is 1. The monoisotopic (exact) mass is 330 g/mol. The molecule has 1 aliphatic heterocycles. The van der Waals surface area contributed by atoms with Crippen LogP contribution in [0.5, 0.6) is 11.5 Å². The molecule has 7 heteroatoms. The minimum Gasteiger partial charge on any atom is -0.486 e. The fourth-order valence-electron chi connectivity index (χ4n) is 2.47. The minimum absolute atomic E-state index is 0.0650. The predicted molar refractivity (Wildman–Crippen MR) is 89.1 cm³/mol. The van der Waals surface area contributed by atoms with Crippen molar-refractivity contribution >= 4 is 5.91 Å². The van der Waals surface area contributed by atoms with Gasteiger partial charge in [0.25, 0.3) is 0 Å². The second-order valence-corrected chi connectivity index (χ2v) is 5.81. The van der Waals surface area contributed by atoms with E-state index in [9.17, 15) is 4.79 Å². The van der Waals surface area contributed by atoms with Crippen molar-refractivity contribution < 1.29 is 14.3 Å². The Morgan fingerprint density at radius 3 is 3.00 bits per heavy atom. The molecular formula is C17H22N4O3. The molecule has 2 heterocycles. The van der Waals surface area contributed by atoms with E-state index in [-0.39, 0.29) is 24.6 Å². The standard InChI is InChI=1S/C17H22N4O3/c1-13(11-21-8-4-7-20-21)18-10-17(22)19-9-14-12-23-15-5-2-3-6-16(15)24-14/h2-8,13-14,18H,9-12H2,1H3,(H,19,22)/t13-,14+/m0/s1. The second kappa shape index (κ2) is 7.83. The fourth-order valence-corrected chi connectivity index (χ4v) is 2.47. The first-order valence-electron chi connectivity index (χ1n) is 8.06. The highest BCUT2D eigenvalue weighted by Gasteiger charge is 2.21. The number of carbonyl (C=O) groups is 1. The molecule has 0 fully saturated rings. The van der Waals surface area contributed by atoms with Gasteiger partial charge in [-0.15, -0.1) is 0 Å². The third kappa shape index (κ3) is 4.48. The third-order valence-corrected chi connectivity index (χ3v) is 3.73. The first kappa shape index (κ1) is 16.3. The number of hydrogen-bond acceptors (Lipinski definition) is 5. The van der Waals surface area contributed by atoms with E-state index in [4.69, 9.17) is 9.47 Å². The van der Waals surface area contributed by atoms with Crippen molar-refractivity contribution in [2.45, 2.75) is 25.6 Å². The van der Waals surface area contributed by atoms with Crippen LogP contribution in [0.3, 0.4) is 0 Å². The topological polar surface area (TPSA) is 77.4 Å². The van der Waals surface area contributed by atoms with E-state index in [1.165, 1.54) is 0 Å². The van der Waals surface area contributed by atoms with Crippen LogP contribution in [-0.2, 0) is 11.3 Å². The predicted octanol–water partition coefficient (Wildman–Crippen LogP) is 0.817. The molecule has 2 N–H and O–H groups in total. The van der Waals surface area contributed by atoms with Crippen molar-refractivity contribution in [3.05, 3.63) is 42.7 Å². The van der Waals surface area contributed by atoms with E-state index in [0.29, 0.717) is 18.9 Å². The lowest BCUT2D eigenvalue weighted by molar-refractivity contribution is -0.120. The fraction of sp³-hybridized carbons (Fsp3) is 0.412. The molecular weight excluding hydrogens is 308 g/mol. The van der Waals surface area contributed by atoms with Crippen molar-refractivity contribution in [2.75, 3.05) is 19.7 Å². The summed E-state index contributed by atoms with van der Waals surface area (Å²) in [5, 5.41) is 10.2. The van der Waals surface area contributed by atoms with Crippen molar-refractivity contribution in [3.63, 3.8) is 0 Å². The zero-order valence-electron chi connectivity index (χ0n) is 13.6. The third-order valence-electron chi connectivity index (χ3n) is 3.73. The molecule has 0 saturated heterocycles. The van der Waals surface area contributed by atoms with Gasteiger partial charge in [-0.1, -0.05) is 12.1 Å². The van der Waals surface area contributed by atoms with Gasteiger partial charge in [0, 0.05) is 18.4 Å². The molecule has 2 aromatic rings. The van der Waals surface area contributed by atoms with Gasteiger partial charge in [-0.05, 0) is 25.1 Å². The van der Waals surface area contributed by atoms with Gasteiger partial charge in [0.05, 0.1) is 19.6 Å². The molecule has 128 valence electrons. The number of benzene rings is 1. The summed E-state index contributed by atoms with van der Waals surface area (Å²) in [6, 6.07) is 9.56. The maximum Gasteiger partial charge on any atom is 0.234 e. The molecule has 1 aliphatic rings. The molecule has 7 nitrogen and oxygen atoms in total. The summed E-state index contributed by atoms with van der Waals surface area (Å²) in [5.41, 5.74) is 0. The SMILES string of the molecule is C[C@@H](Cn1cccn1)NCC(=O)NC[C@@H]1COc2ccccc2O1. The van der Waals surface area contributed by atoms with Gasteiger partial charge in [0.1, 0.15) is 12.7 Å². The van der Waals surface area contributed by atoms with Gasteiger partial charge >= 0.3 is 0 Å². The highest BCUT2D eigenvalue weighted by atomic mass is 16.6. The molecule has 0 aliphatic carbocycles. The van der Waals surface area contributed by atoms with Gasteiger partial charge in [-0.3, -0.25) is 9.48 Å². The van der Waals surface area contributed by atoms with E-state index in [2.05, 4.69) is 15.7 Å². The average Bonchev–Trinajstić information content (AvgIpc) is 3.11. The van der Waals surface area contributed by atoms with E-state index in [1.54, 1.807) is 6.20 Å². The molecule has 1 amide bonds. The van der Waals surface area contributed by atoms with Gasteiger partial charge in [-0.2, -0.15) is 5.10 Å². The first-order valence-corrected chi connectivity index (χ1v) is 8.06. The largest absolute Gasteiger partial charge is 0.486 e. The Labute approximate surface area is 140 Å². The van der Waals surface area contributed by atoms with Crippen LogP contribution < -0.4 is 20.1 Å². The number of nitrogens with one attached hydrogen (secondary N) is 2. The van der Waals surface area contributed by atoms with Crippen LogP contribution in [0.2, 0.25) is 0 Å². The number of aromatic nitrogens is 2. The summed E-state index contributed by atoms with van der Waals surface area (Å²) in [5.74, 6) is 1.40. The first-order chi connectivity index (χ1) is 11.7. The zero-order valence-corrected chi connectivity index (χ0v) is 13.6. The molecule has 1 aromatic heterocycles. The lowest BCUT2D eigenvalue weighted by atomic mass is 10.2. The minimum atomic E-state index is -0.176. The van der Waals surface area contributed by atoms with Gasteiger partial charge in [0.15, 0.2) is 11.5 Å². The van der Waals surface area contributed by atoms with Gasteiger partial charge in [-0.25, -0.2) is 0 Å².